The number of pyridine rings is 4. The molecule has 0 radical (unpaired) electrons. The Morgan fingerprint density at radius 1 is 0.526 bits per heavy atom. The standard InChI is InChI=1S/C33H38N8O2.C21H27BN2O3.C17H22IN7O.C15H15BrN2O.C8H12N2.C7H4BrClO/c1-3-5-21-13-15-35-26(18-21)38-33(43)23-9-7-22(8-10-23)29-28-31(36-20-37-32(28)34)30(39-29)24-14-17-41(19-24)27(42)6-4-16-40(2)25-11-12-25;1-6-7-15-12-13-23-18(14-15)24-19(25)16-8-10-17(11-9-16)22-26-20(2,3)21(4,5)27-22;1-23(11-4-5-11)7-2-3-13(26)24-8-6-12(9-24)25-17-14(15(18)22-25)16(19)20-10-21-17;1-2-3-11-8-9-17-14(10-11)18-15(19)12-4-6-13(16)7-5-12;1-2-3-7-4-5-10-8(9)6-7;8-6-3-1-5(2-4-6)7(9)10/h4,6-10,13,15,18,20,24-25,30H,3,5,11-12,14,16-17,19H2,1-2H3,(H2,34,36,37)(H,35,38,43);8-14H,6-7H2,1-5H3,(H,23,24,25);2-3,10-12H,4-9H2,1H3,(H2,19,20,21);4-10H,2-3H2,1H3,(H,17,18,19);4-6H,2-3H2,1H3,(H2,9,10);1-4H/b6-4+;;3-2+;;;/t24-,30?;;12-;;;/m1.1.../s1. The summed E-state index contributed by atoms with van der Waals surface area (Å²) < 4.78 is 16.7. The Morgan fingerprint density at radius 3 is 1.41 bits per heavy atom. The molecule has 6 aliphatic rings. The third kappa shape index (κ3) is 29.1. The van der Waals surface area contributed by atoms with Crippen LogP contribution in [0.2, 0.25) is 0 Å². The van der Waals surface area contributed by atoms with E-state index >= 15 is 0 Å². The SMILES string of the molecule is CCCc1ccnc(N)c1.CCCc1ccnc(NC(=O)c2ccc(B3OC(C)(C)C(C)(C)O3)cc2)c1.CCCc1ccnc(NC(=O)c2ccc(Br)cc2)c1.CCCc1ccnc(NC(=O)c2ccc(C3=NC([C@@H]4CCN(C(=O)/C=C/CN(C)C5CC5)C4)c4ncnc(N)c43)cc2)c1.CN(C/C=C/C(=O)N1CC[C@@H](n2nc(I)c3c(N)ncnc32)C1)C1CC1.O=C(Cl)c1ccc(Br)cc1. The van der Waals surface area contributed by atoms with Crippen molar-refractivity contribution in [2.24, 2.45) is 10.9 Å². The number of benzene rings is 4. The first-order valence-corrected chi connectivity index (χ1v) is 48.8. The van der Waals surface area contributed by atoms with Crippen LogP contribution in [0.3, 0.4) is 0 Å². The van der Waals surface area contributed by atoms with Crippen molar-refractivity contribution in [3.05, 3.63) is 281 Å². The molecule has 1 unspecified atom stereocenters. The highest BCUT2D eigenvalue weighted by Crippen LogP contribution is 2.42. The van der Waals surface area contributed by atoms with Crippen molar-refractivity contribution in [3.8, 4) is 0 Å². The van der Waals surface area contributed by atoms with E-state index in [4.69, 9.17) is 43.1 Å². The highest BCUT2D eigenvalue weighted by Gasteiger charge is 2.52. The van der Waals surface area contributed by atoms with E-state index in [1.807, 2.05) is 139 Å². The molecule has 706 valence electrons. The quantitative estimate of drug-likeness (QED) is 0.0120. The maximum absolute atomic E-state index is 13.0. The smallest absolute Gasteiger partial charge is 0.399 e. The molecule has 2 aliphatic carbocycles. The van der Waals surface area contributed by atoms with E-state index in [9.17, 15) is 28.8 Å². The molecular weight excluding hydrogens is 1970 g/mol. The molecule has 2 saturated carbocycles. The number of amides is 5. The van der Waals surface area contributed by atoms with Crippen LogP contribution in [0.4, 0.5) is 34.9 Å². The molecule has 11 aromatic rings. The molecule has 7 aromatic heterocycles. The summed E-state index contributed by atoms with van der Waals surface area (Å²) in [6, 6.07) is 45.6. The normalized spacial score (nSPS) is 16.6. The number of carbonyl (C=O) groups is 6. The number of aliphatic imine (C=N–C) groups is 1. The van der Waals surface area contributed by atoms with Crippen molar-refractivity contribution in [2.45, 2.75) is 181 Å². The highest BCUT2D eigenvalue weighted by molar-refractivity contribution is 14.1. The summed E-state index contributed by atoms with van der Waals surface area (Å²) in [5.74, 6) is 2.81. The lowest BCUT2D eigenvalue weighted by Crippen LogP contribution is -2.41. The first-order valence-electron chi connectivity index (χ1n) is 45.8. The van der Waals surface area contributed by atoms with Crippen molar-refractivity contribution in [1.29, 1.82) is 0 Å². The first-order chi connectivity index (χ1) is 64.9. The van der Waals surface area contributed by atoms with Gasteiger partial charge in [0.05, 0.1) is 45.6 Å². The second-order valence-corrected chi connectivity index (χ2v) is 38.2. The Hall–Kier alpha value is -11.4. The predicted molar refractivity (Wildman–Crippen MR) is 550 cm³/mol. The van der Waals surface area contributed by atoms with E-state index in [2.05, 4.69) is 167 Å². The molecule has 34 heteroatoms. The Morgan fingerprint density at radius 2 is 0.948 bits per heavy atom. The zero-order valence-electron chi connectivity index (χ0n) is 78.0. The van der Waals surface area contributed by atoms with Gasteiger partial charge in [-0.05, 0) is 289 Å². The van der Waals surface area contributed by atoms with Gasteiger partial charge < -0.3 is 52.3 Å². The summed E-state index contributed by atoms with van der Waals surface area (Å²) in [6.07, 6.45) is 32.2. The average molecular weight is 2090 g/mol. The van der Waals surface area contributed by atoms with E-state index in [1.165, 1.54) is 55.0 Å². The molecule has 11 heterocycles. The van der Waals surface area contributed by atoms with E-state index in [0.717, 1.165) is 135 Å². The lowest BCUT2D eigenvalue weighted by molar-refractivity contribution is -0.125. The van der Waals surface area contributed by atoms with Gasteiger partial charge in [0.2, 0.25) is 11.8 Å². The van der Waals surface area contributed by atoms with Gasteiger partial charge in [-0.2, -0.15) is 5.10 Å². The highest BCUT2D eigenvalue weighted by atomic mass is 127. The number of nitrogen functional groups attached to an aromatic ring is 3. The van der Waals surface area contributed by atoms with Gasteiger partial charge in [-0.15, -0.1) is 0 Å². The van der Waals surface area contributed by atoms with Crippen molar-refractivity contribution < 1.29 is 38.1 Å². The number of aryl methyl sites for hydroxylation is 4. The van der Waals surface area contributed by atoms with Crippen LogP contribution < -0.4 is 38.6 Å². The van der Waals surface area contributed by atoms with Crippen LogP contribution in [0.15, 0.2) is 221 Å². The fraction of sp³-hybridized carbons (Fsp3) is 0.366. The van der Waals surface area contributed by atoms with Gasteiger partial charge >= 0.3 is 7.12 Å². The van der Waals surface area contributed by atoms with E-state index < -0.39 is 12.4 Å². The Labute approximate surface area is 825 Å². The minimum absolute atomic E-state index is 0.0393. The number of nitrogens with one attached hydrogen (secondary N) is 3. The van der Waals surface area contributed by atoms with Crippen LogP contribution in [0.5, 0.6) is 0 Å². The molecule has 0 bridgehead atoms. The van der Waals surface area contributed by atoms with Gasteiger partial charge in [0.25, 0.3) is 23.0 Å². The Kier molecular flexibility index (Phi) is 37.1. The molecule has 135 heavy (non-hydrogen) atoms. The Balaban J connectivity index is 0.000000156. The van der Waals surface area contributed by atoms with Crippen molar-refractivity contribution in [3.63, 3.8) is 0 Å². The maximum atomic E-state index is 13.0. The summed E-state index contributed by atoms with van der Waals surface area (Å²) in [4.78, 5) is 121. The second kappa shape index (κ2) is 48.8. The lowest BCUT2D eigenvalue weighted by atomic mass is 9.79. The van der Waals surface area contributed by atoms with E-state index in [1.54, 1.807) is 97.6 Å². The summed E-state index contributed by atoms with van der Waals surface area (Å²) in [5, 5.41) is 13.5. The molecular formula is C101H118BBr2ClIN21O8. The maximum Gasteiger partial charge on any atom is 0.494 e. The molecule has 4 aromatic carbocycles. The topological polar surface area (TPSA) is 381 Å². The summed E-state index contributed by atoms with van der Waals surface area (Å²) in [5.41, 5.74) is 28.7. The number of fused-ring (bicyclic) bond motifs is 2. The minimum Gasteiger partial charge on any atom is -0.399 e. The zero-order chi connectivity index (χ0) is 96.5. The van der Waals surface area contributed by atoms with Crippen LogP contribution in [-0.2, 0) is 44.6 Å². The number of anilines is 6. The van der Waals surface area contributed by atoms with Gasteiger partial charge in [-0.3, -0.25) is 43.6 Å². The summed E-state index contributed by atoms with van der Waals surface area (Å²) in [6.45, 7) is 20.9. The average Bonchev–Trinajstić information content (AvgIpc) is 1.63. The predicted octanol–water partition coefficient (Wildman–Crippen LogP) is 17.6. The minimum atomic E-state index is -0.431. The van der Waals surface area contributed by atoms with E-state index in [-0.39, 0.29) is 58.7 Å². The fourth-order valence-corrected chi connectivity index (χ4v) is 17.1. The second-order valence-electron chi connectivity index (χ2n) is 35.0. The van der Waals surface area contributed by atoms with Gasteiger partial charge in [0.15, 0.2) is 5.65 Å². The number of hydrogen-bond acceptors (Lipinski definition) is 23. The zero-order valence-corrected chi connectivity index (χ0v) is 84.0. The molecule has 3 saturated heterocycles. The monoisotopic (exact) mass is 2080 g/mol. The number of likely N-dealkylation sites (tertiary alicyclic amines) is 2. The van der Waals surface area contributed by atoms with Crippen molar-refractivity contribution in [2.75, 3.05) is 86.5 Å². The first kappa shape index (κ1) is 103. The van der Waals surface area contributed by atoms with Gasteiger partial charge in [0.1, 0.15) is 51.3 Å². The number of nitrogens with two attached hydrogens (primary N) is 3. The third-order valence-corrected chi connectivity index (χ3v) is 26.1. The molecule has 29 nitrogen and oxygen atoms in total. The number of carbonyl (C=O) groups excluding carboxylic acids is 6. The van der Waals surface area contributed by atoms with Crippen LogP contribution >= 0.6 is 66.1 Å². The number of nitrogens with zero attached hydrogens (tertiary/aromatic N) is 15. The fourth-order valence-electron chi connectivity index (χ4n) is 15.7. The number of rotatable bonds is 27. The van der Waals surface area contributed by atoms with Crippen LogP contribution in [-0.4, -0.2) is 194 Å². The summed E-state index contributed by atoms with van der Waals surface area (Å²) in [7, 11) is 3.78. The Bertz CT molecular complexity index is 5990. The summed E-state index contributed by atoms with van der Waals surface area (Å²) >= 11 is 13.9. The molecule has 4 aliphatic heterocycles. The van der Waals surface area contributed by atoms with Crippen molar-refractivity contribution >= 4 is 165 Å². The molecule has 5 amide bonds. The molecule has 5 fully saturated rings. The van der Waals surface area contributed by atoms with Crippen LogP contribution in [0.1, 0.15) is 212 Å². The van der Waals surface area contributed by atoms with Gasteiger partial charge in [-0.1, -0.05) is 122 Å². The van der Waals surface area contributed by atoms with Crippen LogP contribution in [0, 0.1) is 9.62 Å². The number of aromatic nitrogens is 10. The number of likely N-dealkylation sites (N-methyl/N-ethyl adjacent to an activating group) is 2. The van der Waals surface area contributed by atoms with E-state index in [0.29, 0.717) is 94.6 Å². The molecule has 9 N–H and O–H groups in total. The number of hydrogen-bond donors (Lipinski definition) is 6. The number of halogens is 4. The lowest BCUT2D eigenvalue weighted by Gasteiger charge is -2.32. The van der Waals surface area contributed by atoms with Gasteiger partial charge in [0, 0.05) is 131 Å². The largest absolute Gasteiger partial charge is 0.494 e. The molecule has 0 spiro atoms. The van der Waals surface area contributed by atoms with Crippen molar-refractivity contribution in [1.82, 2.24) is 69.3 Å². The van der Waals surface area contributed by atoms with Crippen LogP contribution in [0.25, 0.3) is 11.0 Å². The molecule has 3 atom stereocenters. The molecule has 17 rings (SSSR count). The third-order valence-electron chi connectivity index (χ3n) is 24.1. The van der Waals surface area contributed by atoms with Gasteiger partial charge in [-0.25, -0.2) is 44.6 Å².